The third-order valence-electron chi connectivity index (χ3n) is 4.62. The van der Waals surface area contributed by atoms with Gasteiger partial charge in [-0.25, -0.2) is 4.79 Å². The maximum absolute atomic E-state index is 12.4. The lowest BCUT2D eigenvalue weighted by Crippen LogP contribution is -2.49. The van der Waals surface area contributed by atoms with E-state index in [1.807, 2.05) is 38.1 Å². The van der Waals surface area contributed by atoms with E-state index >= 15 is 0 Å². The monoisotopic (exact) mass is 387 g/mol. The number of carbonyl (C=O) groups is 2. The first-order valence-corrected chi connectivity index (χ1v) is 9.78. The Hall–Kier alpha value is -2.38. The second-order valence-corrected chi connectivity index (χ2v) is 7.93. The van der Waals surface area contributed by atoms with Gasteiger partial charge in [-0.3, -0.25) is 4.79 Å². The summed E-state index contributed by atoms with van der Waals surface area (Å²) in [6.07, 6.45) is -0.0324. The number of carbonyl (C=O) groups excluding carboxylic acids is 2. The van der Waals surface area contributed by atoms with Crippen LogP contribution in [-0.2, 0) is 20.9 Å². The molecule has 1 fully saturated rings. The molecule has 0 unspecified atom stereocenters. The van der Waals surface area contributed by atoms with Crippen LogP contribution >= 0.6 is 11.3 Å². The molecule has 0 aliphatic carbocycles. The summed E-state index contributed by atoms with van der Waals surface area (Å²) in [5.74, 6) is 0.146. The zero-order chi connectivity index (χ0) is 19.0. The highest BCUT2D eigenvalue weighted by atomic mass is 32.1. The molecule has 2 aromatic rings. The molecule has 0 radical (unpaired) electrons. The fourth-order valence-corrected chi connectivity index (χ4v) is 4.56. The second-order valence-electron chi connectivity index (χ2n) is 6.88. The molecule has 4 rings (SSSR count). The molecule has 27 heavy (non-hydrogen) atoms. The van der Waals surface area contributed by atoms with E-state index in [1.165, 1.54) is 11.3 Å². The molecule has 3 heterocycles. The van der Waals surface area contributed by atoms with Gasteiger partial charge in [-0.2, -0.15) is 0 Å². The minimum absolute atomic E-state index is 0.0162. The normalized spacial score (nSPS) is 21.0. The number of hydrogen-bond acceptors (Lipinski definition) is 6. The van der Waals surface area contributed by atoms with Crippen molar-refractivity contribution in [2.24, 2.45) is 0 Å². The summed E-state index contributed by atoms with van der Waals surface area (Å²) in [6, 6.07) is 9.55. The SMILES string of the molecule is C[C@H]1CN(C(=O)COC(=O)c2cc3c(s2)-c2ccccc2OC3)C[C@H](C)O1. The first-order chi connectivity index (χ1) is 13.0. The first kappa shape index (κ1) is 18.0. The van der Waals surface area contributed by atoms with Gasteiger partial charge in [0, 0.05) is 29.1 Å². The summed E-state index contributed by atoms with van der Waals surface area (Å²) >= 11 is 1.37. The van der Waals surface area contributed by atoms with Crippen LogP contribution in [0.15, 0.2) is 30.3 Å². The van der Waals surface area contributed by atoms with Gasteiger partial charge in [0.05, 0.1) is 12.2 Å². The van der Waals surface area contributed by atoms with Crippen LogP contribution in [0.4, 0.5) is 0 Å². The molecule has 142 valence electrons. The largest absolute Gasteiger partial charge is 0.488 e. The fraction of sp³-hybridized carbons (Fsp3) is 0.400. The molecule has 6 nitrogen and oxygen atoms in total. The molecule has 2 aliphatic rings. The number of rotatable bonds is 3. The average molecular weight is 387 g/mol. The van der Waals surface area contributed by atoms with Crippen LogP contribution in [0.25, 0.3) is 10.4 Å². The number of fused-ring (bicyclic) bond motifs is 3. The number of esters is 1. The van der Waals surface area contributed by atoms with Crippen LogP contribution < -0.4 is 4.74 Å². The van der Waals surface area contributed by atoms with Crippen LogP contribution in [0.5, 0.6) is 5.75 Å². The summed E-state index contributed by atoms with van der Waals surface area (Å²) in [6.45, 7) is 5.06. The van der Waals surface area contributed by atoms with Crippen LogP contribution in [0.1, 0.15) is 29.1 Å². The van der Waals surface area contributed by atoms with Crippen molar-refractivity contribution in [1.82, 2.24) is 4.90 Å². The van der Waals surface area contributed by atoms with Crippen molar-refractivity contribution >= 4 is 23.2 Å². The lowest BCUT2D eigenvalue weighted by atomic mass is 10.1. The number of nitrogens with zero attached hydrogens (tertiary/aromatic N) is 1. The fourth-order valence-electron chi connectivity index (χ4n) is 3.47. The molecule has 2 atom stereocenters. The molecular weight excluding hydrogens is 366 g/mol. The smallest absolute Gasteiger partial charge is 0.348 e. The van der Waals surface area contributed by atoms with Crippen molar-refractivity contribution in [2.75, 3.05) is 19.7 Å². The third kappa shape index (κ3) is 3.70. The standard InChI is InChI=1S/C20H21NO5S/c1-12-8-21(9-13(2)26-12)18(22)11-25-20(23)17-7-14-10-24-16-6-4-3-5-15(16)19(14)27-17/h3-7,12-13H,8-11H2,1-2H3/t12-,13-/m0/s1. The molecule has 2 aliphatic heterocycles. The molecule has 7 heteroatoms. The van der Waals surface area contributed by atoms with Gasteiger partial charge >= 0.3 is 5.97 Å². The Balaban J connectivity index is 1.41. The summed E-state index contributed by atoms with van der Waals surface area (Å²) in [7, 11) is 0. The Morgan fingerprint density at radius 1 is 1.22 bits per heavy atom. The molecule has 1 saturated heterocycles. The first-order valence-electron chi connectivity index (χ1n) is 8.96. The topological polar surface area (TPSA) is 65.1 Å². The maximum atomic E-state index is 12.4. The third-order valence-corrected chi connectivity index (χ3v) is 5.81. The van der Waals surface area contributed by atoms with Crippen LogP contribution in [0, 0.1) is 0 Å². The summed E-state index contributed by atoms with van der Waals surface area (Å²) in [5, 5.41) is 0. The van der Waals surface area contributed by atoms with E-state index in [2.05, 4.69) is 0 Å². The number of benzene rings is 1. The van der Waals surface area contributed by atoms with Gasteiger partial charge in [0.2, 0.25) is 0 Å². The minimum atomic E-state index is -0.477. The average Bonchev–Trinajstić information content (AvgIpc) is 3.10. The Labute approximate surface area is 161 Å². The predicted octanol–water partition coefficient (Wildman–Crippen LogP) is 3.10. The number of amides is 1. The number of ether oxygens (including phenoxy) is 3. The molecule has 0 N–H and O–H groups in total. The van der Waals surface area contributed by atoms with Crippen molar-refractivity contribution in [3.8, 4) is 16.2 Å². The van der Waals surface area contributed by atoms with Crippen LogP contribution in [0.2, 0.25) is 0 Å². The molecular formula is C20H21NO5S. The number of para-hydroxylation sites is 1. The Morgan fingerprint density at radius 2 is 1.96 bits per heavy atom. The zero-order valence-corrected chi connectivity index (χ0v) is 16.1. The molecule has 0 spiro atoms. The van der Waals surface area contributed by atoms with Crippen molar-refractivity contribution in [3.05, 3.63) is 40.8 Å². The molecule has 0 saturated carbocycles. The molecule has 0 bridgehead atoms. The van der Waals surface area contributed by atoms with Gasteiger partial charge in [0.15, 0.2) is 6.61 Å². The lowest BCUT2D eigenvalue weighted by molar-refractivity contribution is -0.146. The van der Waals surface area contributed by atoms with Gasteiger partial charge in [-0.15, -0.1) is 11.3 Å². The maximum Gasteiger partial charge on any atom is 0.348 e. The highest BCUT2D eigenvalue weighted by molar-refractivity contribution is 7.17. The summed E-state index contributed by atoms with van der Waals surface area (Å²) < 4.78 is 16.6. The van der Waals surface area contributed by atoms with E-state index in [9.17, 15) is 9.59 Å². The van der Waals surface area contributed by atoms with Crippen LogP contribution in [-0.4, -0.2) is 48.7 Å². The van der Waals surface area contributed by atoms with Gasteiger partial charge in [-0.05, 0) is 32.0 Å². The van der Waals surface area contributed by atoms with E-state index in [1.54, 1.807) is 11.0 Å². The van der Waals surface area contributed by atoms with E-state index in [-0.39, 0.29) is 24.7 Å². The van der Waals surface area contributed by atoms with E-state index in [4.69, 9.17) is 14.2 Å². The summed E-state index contributed by atoms with van der Waals surface area (Å²) in [5.41, 5.74) is 1.95. The van der Waals surface area contributed by atoms with E-state index in [0.29, 0.717) is 24.6 Å². The van der Waals surface area contributed by atoms with Crippen molar-refractivity contribution in [3.63, 3.8) is 0 Å². The predicted molar refractivity (Wildman–Crippen MR) is 101 cm³/mol. The molecule has 1 aromatic carbocycles. The minimum Gasteiger partial charge on any atom is -0.488 e. The van der Waals surface area contributed by atoms with Gasteiger partial charge in [-0.1, -0.05) is 12.1 Å². The lowest BCUT2D eigenvalue weighted by Gasteiger charge is -2.35. The number of morpholine rings is 1. The highest BCUT2D eigenvalue weighted by Crippen LogP contribution is 2.42. The Kier molecular flexibility index (Phi) is 4.88. The van der Waals surface area contributed by atoms with Crippen molar-refractivity contribution in [1.29, 1.82) is 0 Å². The van der Waals surface area contributed by atoms with E-state index < -0.39 is 5.97 Å². The number of thiophene rings is 1. The quantitative estimate of drug-likeness (QED) is 0.757. The summed E-state index contributed by atoms with van der Waals surface area (Å²) in [4.78, 5) is 28.0. The molecule has 1 aromatic heterocycles. The van der Waals surface area contributed by atoms with Gasteiger partial charge in [0.25, 0.3) is 5.91 Å². The van der Waals surface area contributed by atoms with Crippen molar-refractivity contribution < 1.29 is 23.8 Å². The van der Waals surface area contributed by atoms with Crippen molar-refractivity contribution in [2.45, 2.75) is 32.7 Å². The second kappa shape index (κ2) is 7.32. The zero-order valence-electron chi connectivity index (χ0n) is 15.3. The van der Waals surface area contributed by atoms with Gasteiger partial charge < -0.3 is 19.1 Å². The highest BCUT2D eigenvalue weighted by Gasteiger charge is 2.27. The Bertz CT molecular complexity index is 867. The Morgan fingerprint density at radius 3 is 2.74 bits per heavy atom. The molecule has 1 amide bonds. The van der Waals surface area contributed by atoms with Gasteiger partial charge in [0.1, 0.15) is 17.2 Å². The van der Waals surface area contributed by atoms with E-state index in [0.717, 1.165) is 21.8 Å². The number of hydrogen-bond donors (Lipinski definition) is 0. The van der Waals surface area contributed by atoms with Crippen LogP contribution in [0.3, 0.4) is 0 Å².